The first-order chi connectivity index (χ1) is 13.2. The Morgan fingerprint density at radius 2 is 2.15 bits per heavy atom. The van der Waals surface area contributed by atoms with E-state index in [9.17, 15) is 9.90 Å². The summed E-state index contributed by atoms with van der Waals surface area (Å²) in [6, 6.07) is 10.9. The van der Waals surface area contributed by atoms with Crippen LogP contribution in [0.2, 0.25) is 0 Å². The predicted molar refractivity (Wildman–Crippen MR) is 101 cm³/mol. The number of H-pyrrole nitrogens is 1. The maximum absolute atomic E-state index is 12.6. The van der Waals surface area contributed by atoms with E-state index in [2.05, 4.69) is 19.9 Å². The minimum atomic E-state index is -0.139. The van der Waals surface area contributed by atoms with Gasteiger partial charge in [0.05, 0.1) is 18.4 Å². The van der Waals surface area contributed by atoms with Gasteiger partial charge in [0.2, 0.25) is 0 Å². The highest BCUT2D eigenvalue weighted by Gasteiger charge is 2.23. The Labute approximate surface area is 156 Å². The van der Waals surface area contributed by atoms with E-state index >= 15 is 0 Å². The molecule has 0 aliphatic carbocycles. The summed E-state index contributed by atoms with van der Waals surface area (Å²) in [7, 11) is 1.53. The SMILES string of the molecule is COc1cccc(CN2CCc3nc(-c4ccccn4)[nH]c(=O)c3C2)c1O. The number of aromatic hydroxyl groups is 1. The van der Waals surface area contributed by atoms with Crippen molar-refractivity contribution in [1.29, 1.82) is 0 Å². The summed E-state index contributed by atoms with van der Waals surface area (Å²) >= 11 is 0. The zero-order chi connectivity index (χ0) is 18.8. The van der Waals surface area contributed by atoms with E-state index in [1.165, 1.54) is 7.11 Å². The second-order valence-corrected chi connectivity index (χ2v) is 6.48. The number of methoxy groups -OCH3 is 1. The van der Waals surface area contributed by atoms with Gasteiger partial charge in [0.1, 0.15) is 5.69 Å². The number of phenols is 1. The molecule has 0 fully saturated rings. The van der Waals surface area contributed by atoms with Crippen LogP contribution in [-0.4, -0.2) is 38.6 Å². The Bertz CT molecular complexity index is 1020. The molecule has 1 aliphatic rings. The lowest BCUT2D eigenvalue weighted by Gasteiger charge is -2.28. The lowest BCUT2D eigenvalue weighted by atomic mass is 10.1. The predicted octanol–water partition coefficient (Wildman–Crippen LogP) is 2.10. The van der Waals surface area contributed by atoms with Crippen LogP contribution in [0.25, 0.3) is 11.5 Å². The van der Waals surface area contributed by atoms with Crippen molar-refractivity contribution in [3.05, 3.63) is 69.8 Å². The number of pyridine rings is 1. The van der Waals surface area contributed by atoms with E-state index < -0.39 is 0 Å². The zero-order valence-corrected chi connectivity index (χ0v) is 15.0. The zero-order valence-electron chi connectivity index (χ0n) is 15.0. The second kappa shape index (κ2) is 7.20. The van der Waals surface area contributed by atoms with E-state index in [0.717, 1.165) is 17.8 Å². The number of para-hydroxylation sites is 1. The molecule has 0 bridgehead atoms. The van der Waals surface area contributed by atoms with Gasteiger partial charge in [0, 0.05) is 37.8 Å². The summed E-state index contributed by atoms with van der Waals surface area (Å²) < 4.78 is 5.17. The van der Waals surface area contributed by atoms with E-state index in [-0.39, 0.29) is 11.3 Å². The van der Waals surface area contributed by atoms with Gasteiger partial charge in [-0.25, -0.2) is 4.98 Å². The molecule has 2 aromatic heterocycles. The Hall–Kier alpha value is -3.19. The van der Waals surface area contributed by atoms with Crippen LogP contribution in [0.4, 0.5) is 0 Å². The van der Waals surface area contributed by atoms with Gasteiger partial charge >= 0.3 is 0 Å². The first kappa shape index (κ1) is 17.2. The standard InChI is InChI=1S/C20H20N4O3/c1-27-17-7-4-5-13(18(17)25)11-24-10-8-15-14(12-24)20(26)23-19(22-15)16-6-2-3-9-21-16/h2-7,9,25H,8,10-12H2,1H3,(H,22,23,26). The maximum atomic E-state index is 12.6. The highest BCUT2D eigenvalue weighted by molar-refractivity contribution is 5.49. The molecule has 0 amide bonds. The third kappa shape index (κ3) is 3.41. The Morgan fingerprint density at radius 3 is 2.93 bits per heavy atom. The molecular formula is C20H20N4O3. The van der Waals surface area contributed by atoms with Crippen LogP contribution in [-0.2, 0) is 19.5 Å². The van der Waals surface area contributed by atoms with E-state index in [4.69, 9.17) is 4.74 Å². The van der Waals surface area contributed by atoms with Crippen molar-refractivity contribution in [3.63, 3.8) is 0 Å². The van der Waals surface area contributed by atoms with Gasteiger partial charge in [-0.2, -0.15) is 0 Å². The first-order valence-electron chi connectivity index (χ1n) is 8.76. The fourth-order valence-electron chi connectivity index (χ4n) is 3.34. The molecule has 1 aromatic carbocycles. The van der Waals surface area contributed by atoms with Crippen LogP contribution in [0.1, 0.15) is 16.8 Å². The molecule has 0 unspecified atom stereocenters. The van der Waals surface area contributed by atoms with Crippen LogP contribution in [0.3, 0.4) is 0 Å². The van der Waals surface area contributed by atoms with Crippen LogP contribution in [0.15, 0.2) is 47.4 Å². The third-order valence-electron chi connectivity index (χ3n) is 4.75. The van der Waals surface area contributed by atoms with Crippen molar-refractivity contribution in [3.8, 4) is 23.0 Å². The van der Waals surface area contributed by atoms with Crippen LogP contribution >= 0.6 is 0 Å². The average Bonchev–Trinajstić information content (AvgIpc) is 2.70. The Morgan fingerprint density at radius 1 is 1.26 bits per heavy atom. The maximum Gasteiger partial charge on any atom is 0.255 e. The third-order valence-corrected chi connectivity index (χ3v) is 4.75. The van der Waals surface area contributed by atoms with E-state index in [0.29, 0.717) is 42.3 Å². The lowest BCUT2D eigenvalue weighted by Crippen LogP contribution is -2.35. The summed E-state index contributed by atoms with van der Waals surface area (Å²) in [6.45, 7) is 1.77. The summed E-state index contributed by atoms with van der Waals surface area (Å²) in [5.41, 5.74) is 2.77. The minimum Gasteiger partial charge on any atom is -0.504 e. The normalized spacial score (nSPS) is 14.0. The quantitative estimate of drug-likeness (QED) is 0.737. The van der Waals surface area contributed by atoms with Gasteiger partial charge in [-0.1, -0.05) is 18.2 Å². The van der Waals surface area contributed by atoms with Crippen molar-refractivity contribution in [2.45, 2.75) is 19.5 Å². The van der Waals surface area contributed by atoms with Gasteiger partial charge in [0.15, 0.2) is 17.3 Å². The fraction of sp³-hybridized carbons (Fsp3) is 0.250. The highest BCUT2D eigenvalue weighted by atomic mass is 16.5. The number of ether oxygens (including phenoxy) is 1. The van der Waals surface area contributed by atoms with Crippen LogP contribution < -0.4 is 10.3 Å². The first-order valence-corrected chi connectivity index (χ1v) is 8.76. The highest BCUT2D eigenvalue weighted by Crippen LogP contribution is 2.31. The van der Waals surface area contributed by atoms with Gasteiger partial charge in [0.25, 0.3) is 5.56 Å². The van der Waals surface area contributed by atoms with Crippen molar-refractivity contribution in [1.82, 2.24) is 19.9 Å². The molecule has 7 nitrogen and oxygen atoms in total. The fourth-order valence-corrected chi connectivity index (χ4v) is 3.34. The molecule has 0 saturated heterocycles. The number of aromatic nitrogens is 3. The summed E-state index contributed by atoms with van der Waals surface area (Å²) in [5.74, 6) is 1.09. The van der Waals surface area contributed by atoms with Gasteiger partial charge < -0.3 is 14.8 Å². The number of hydrogen-bond acceptors (Lipinski definition) is 6. The molecule has 0 radical (unpaired) electrons. The van der Waals surface area contributed by atoms with E-state index in [1.54, 1.807) is 12.3 Å². The summed E-state index contributed by atoms with van der Waals surface area (Å²) in [5, 5.41) is 10.3. The molecule has 138 valence electrons. The molecule has 4 rings (SSSR count). The topological polar surface area (TPSA) is 91.3 Å². The number of nitrogens with one attached hydrogen (secondary N) is 1. The molecule has 2 N–H and O–H groups in total. The monoisotopic (exact) mass is 364 g/mol. The largest absolute Gasteiger partial charge is 0.504 e. The Balaban J connectivity index is 1.58. The number of hydrogen-bond donors (Lipinski definition) is 2. The number of nitrogens with zero attached hydrogens (tertiary/aromatic N) is 3. The smallest absolute Gasteiger partial charge is 0.255 e. The molecule has 0 spiro atoms. The van der Waals surface area contributed by atoms with Crippen LogP contribution in [0, 0.1) is 0 Å². The lowest BCUT2D eigenvalue weighted by molar-refractivity contribution is 0.237. The van der Waals surface area contributed by atoms with Gasteiger partial charge in [-0.05, 0) is 18.2 Å². The average molecular weight is 364 g/mol. The van der Waals surface area contributed by atoms with Crippen molar-refractivity contribution < 1.29 is 9.84 Å². The molecule has 0 atom stereocenters. The summed E-state index contributed by atoms with van der Waals surface area (Å²) in [6.07, 6.45) is 2.35. The number of aromatic amines is 1. The molecule has 1 aliphatic heterocycles. The molecule has 0 saturated carbocycles. The number of rotatable bonds is 4. The van der Waals surface area contributed by atoms with Gasteiger partial charge in [-0.15, -0.1) is 0 Å². The number of phenolic OH excluding ortho intramolecular Hbond substituents is 1. The number of benzene rings is 1. The minimum absolute atomic E-state index is 0.139. The molecular weight excluding hydrogens is 344 g/mol. The van der Waals surface area contributed by atoms with Crippen molar-refractivity contribution in [2.75, 3.05) is 13.7 Å². The summed E-state index contributed by atoms with van der Waals surface area (Å²) in [4.78, 5) is 26.4. The second-order valence-electron chi connectivity index (χ2n) is 6.48. The molecule has 3 heterocycles. The van der Waals surface area contributed by atoms with Crippen LogP contribution in [0.5, 0.6) is 11.5 Å². The van der Waals surface area contributed by atoms with Crippen molar-refractivity contribution >= 4 is 0 Å². The molecule has 27 heavy (non-hydrogen) atoms. The Kier molecular flexibility index (Phi) is 4.60. The van der Waals surface area contributed by atoms with Crippen molar-refractivity contribution in [2.24, 2.45) is 0 Å². The number of fused-ring (bicyclic) bond motifs is 1. The molecule has 3 aromatic rings. The van der Waals surface area contributed by atoms with E-state index in [1.807, 2.05) is 30.3 Å². The molecule has 7 heteroatoms. The van der Waals surface area contributed by atoms with Gasteiger partial charge in [-0.3, -0.25) is 14.7 Å².